The Bertz CT molecular complexity index is 317. The highest BCUT2D eigenvalue weighted by atomic mass is 32.2. The third-order valence-electron chi connectivity index (χ3n) is 2.23. The topological polar surface area (TPSA) is 54.4 Å². The molecule has 13 heavy (non-hydrogen) atoms. The Morgan fingerprint density at radius 1 is 1.46 bits per heavy atom. The molecule has 0 aromatic carbocycles. The van der Waals surface area contributed by atoms with Gasteiger partial charge in [0, 0.05) is 12.7 Å². The molecule has 0 aromatic heterocycles. The third-order valence-corrected chi connectivity index (χ3v) is 4.41. The second-order valence-corrected chi connectivity index (χ2v) is 6.12. The SMILES string of the molecule is CC#CCC(O)C(C)(C)S(C)(=O)=O. The van der Waals surface area contributed by atoms with E-state index in [1.807, 2.05) is 0 Å². The summed E-state index contributed by atoms with van der Waals surface area (Å²) in [5, 5.41) is 9.56. The second kappa shape index (κ2) is 4.12. The van der Waals surface area contributed by atoms with Crippen LogP contribution >= 0.6 is 0 Å². The number of rotatable bonds is 3. The van der Waals surface area contributed by atoms with Gasteiger partial charge in [0.05, 0.1) is 10.9 Å². The highest BCUT2D eigenvalue weighted by Gasteiger charge is 2.37. The number of hydrogen-bond donors (Lipinski definition) is 1. The molecule has 1 atom stereocenters. The average molecular weight is 204 g/mol. The van der Waals surface area contributed by atoms with Crippen molar-refractivity contribution in [2.75, 3.05) is 6.26 Å². The maximum atomic E-state index is 11.2. The number of aliphatic hydroxyl groups excluding tert-OH is 1. The zero-order chi connectivity index (χ0) is 10.7. The molecule has 0 spiro atoms. The van der Waals surface area contributed by atoms with E-state index >= 15 is 0 Å². The predicted molar refractivity (Wildman–Crippen MR) is 53.0 cm³/mol. The van der Waals surface area contributed by atoms with Gasteiger partial charge in [-0.05, 0) is 20.8 Å². The van der Waals surface area contributed by atoms with Crippen molar-refractivity contribution < 1.29 is 13.5 Å². The van der Waals surface area contributed by atoms with Gasteiger partial charge in [-0.2, -0.15) is 0 Å². The number of hydrogen-bond acceptors (Lipinski definition) is 3. The first-order chi connectivity index (χ1) is 5.73. The number of sulfone groups is 1. The van der Waals surface area contributed by atoms with E-state index in [0.29, 0.717) is 0 Å². The predicted octanol–water partition coefficient (Wildman–Crippen LogP) is 0.584. The molecule has 3 nitrogen and oxygen atoms in total. The van der Waals surface area contributed by atoms with Crippen molar-refractivity contribution in [3.63, 3.8) is 0 Å². The van der Waals surface area contributed by atoms with Crippen molar-refractivity contribution >= 4 is 9.84 Å². The van der Waals surface area contributed by atoms with E-state index in [9.17, 15) is 13.5 Å². The molecule has 0 saturated heterocycles. The molecule has 0 saturated carbocycles. The zero-order valence-corrected chi connectivity index (χ0v) is 9.27. The molecule has 0 radical (unpaired) electrons. The van der Waals surface area contributed by atoms with Crippen LogP contribution in [0.3, 0.4) is 0 Å². The Balaban J connectivity index is 4.71. The molecule has 0 heterocycles. The first-order valence-corrected chi connectivity index (χ1v) is 5.90. The molecule has 0 bridgehead atoms. The van der Waals surface area contributed by atoms with Crippen LogP contribution in [-0.2, 0) is 9.84 Å². The van der Waals surface area contributed by atoms with Crippen LogP contribution in [0.25, 0.3) is 0 Å². The van der Waals surface area contributed by atoms with Crippen LogP contribution in [0, 0.1) is 11.8 Å². The minimum absolute atomic E-state index is 0.191. The fourth-order valence-electron chi connectivity index (χ4n) is 0.692. The maximum Gasteiger partial charge on any atom is 0.155 e. The fourth-order valence-corrected chi connectivity index (χ4v) is 1.27. The lowest BCUT2D eigenvalue weighted by Gasteiger charge is -2.27. The Labute approximate surface area is 80.1 Å². The Kier molecular flexibility index (Phi) is 3.95. The summed E-state index contributed by atoms with van der Waals surface area (Å²) in [7, 11) is -3.25. The van der Waals surface area contributed by atoms with Gasteiger partial charge in [0.1, 0.15) is 0 Å². The van der Waals surface area contributed by atoms with Gasteiger partial charge in [0.15, 0.2) is 9.84 Å². The smallest absolute Gasteiger partial charge is 0.155 e. The van der Waals surface area contributed by atoms with Gasteiger partial charge in [-0.15, -0.1) is 11.8 Å². The monoisotopic (exact) mass is 204 g/mol. The number of aliphatic hydroxyl groups is 1. The van der Waals surface area contributed by atoms with Gasteiger partial charge in [0.2, 0.25) is 0 Å². The van der Waals surface area contributed by atoms with Crippen molar-refractivity contribution in [1.29, 1.82) is 0 Å². The lowest BCUT2D eigenvalue weighted by molar-refractivity contribution is 0.143. The lowest BCUT2D eigenvalue weighted by atomic mass is 10.0. The van der Waals surface area contributed by atoms with Crippen molar-refractivity contribution in [1.82, 2.24) is 0 Å². The summed E-state index contributed by atoms with van der Waals surface area (Å²) in [6, 6.07) is 0. The van der Waals surface area contributed by atoms with Gasteiger partial charge >= 0.3 is 0 Å². The summed E-state index contributed by atoms with van der Waals surface area (Å²) >= 11 is 0. The van der Waals surface area contributed by atoms with Crippen molar-refractivity contribution in [2.45, 2.75) is 38.0 Å². The van der Waals surface area contributed by atoms with E-state index in [2.05, 4.69) is 11.8 Å². The summed E-state index contributed by atoms with van der Waals surface area (Å²) in [5.41, 5.74) is 0. The normalized spacial score (nSPS) is 14.5. The molecule has 0 aliphatic rings. The fraction of sp³-hybridized carbons (Fsp3) is 0.778. The first kappa shape index (κ1) is 12.5. The van der Waals surface area contributed by atoms with Crippen LogP contribution < -0.4 is 0 Å². The summed E-state index contributed by atoms with van der Waals surface area (Å²) < 4.78 is 21.4. The molecule has 76 valence electrons. The quantitative estimate of drug-likeness (QED) is 0.684. The van der Waals surface area contributed by atoms with Crippen molar-refractivity contribution in [3.8, 4) is 11.8 Å². The summed E-state index contributed by atoms with van der Waals surface area (Å²) in [4.78, 5) is 0. The summed E-state index contributed by atoms with van der Waals surface area (Å²) in [6.45, 7) is 4.66. The lowest BCUT2D eigenvalue weighted by Crippen LogP contribution is -2.43. The maximum absolute atomic E-state index is 11.2. The van der Waals surface area contributed by atoms with Crippen LogP contribution in [0.4, 0.5) is 0 Å². The molecule has 0 rings (SSSR count). The van der Waals surface area contributed by atoms with Crippen molar-refractivity contribution in [2.24, 2.45) is 0 Å². The van der Waals surface area contributed by atoms with Crippen molar-refractivity contribution in [3.05, 3.63) is 0 Å². The van der Waals surface area contributed by atoms with Crippen LogP contribution in [0.1, 0.15) is 27.2 Å². The molecule has 1 unspecified atom stereocenters. The Morgan fingerprint density at radius 2 is 1.92 bits per heavy atom. The van der Waals surface area contributed by atoms with Gasteiger partial charge in [0.25, 0.3) is 0 Å². The van der Waals surface area contributed by atoms with Crippen LogP contribution in [-0.4, -0.2) is 30.6 Å². The van der Waals surface area contributed by atoms with Crippen LogP contribution in [0.5, 0.6) is 0 Å². The molecular weight excluding hydrogens is 188 g/mol. The van der Waals surface area contributed by atoms with E-state index in [1.165, 1.54) is 13.8 Å². The first-order valence-electron chi connectivity index (χ1n) is 4.00. The molecule has 0 fully saturated rings. The van der Waals surface area contributed by atoms with Gasteiger partial charge in [-0.25, -0.2) is 8.42 Å². The van der Waals surface area contributed by atoms with Crippen LogP contribution in [0.2, 0.25) is 0 Å². The molecular formula is C9H16O3S. The summed E-state index contributed by atoms with van der Waals surface area (Å²) in [6.07, 6.45) is 0.376. The largest absolute Gasteiger partial charge is 0.391 e. The highest BCUT2D eigenvalue weighted by molar-refractivity contribution is 7.92. The van der Waals surface area contributed by atoms with Crippen LogP contribution in [0.15, 0.2) is 0 Å². The third kappa shape index (κ3) is 3.02. The van der Waals surface area contributed by atoms with Gasteiger partial charge in [-0.1, -0.05) is 0 Å². The molecule has 0 aliphatic heterocycles. The van der Waals surface area contributed by atoms with E-state index in [4.69, 9.17) is 0 Å². The Hall–Kier alpha value is -0.530. The highest BCUT2D eigenvalue weighted by Crippen LogP contribution is 2.21. The average Bonchev–Trinajstić information content (AvgIpc) is 1.97. The van der Waals surface area contributed by atoms with Gasteiger partial charge in [-0.3, -0.25) is 0 Å². The molecule has 1 N–H and O–H groups in total. The Morgan fingerprint density at radius 3 is 2.23 bits per heavy atom. The molecule has 0 amide bonds. The standard InChI is InChI=1S/C9H16O3S/c1-5-6-7-8(10)9(2,3)13(4,11)12/h8,10H,7H2,1-4H3. The minimum Gasteiger partial charge on any atom is -0.391 e. The zero-order valence-electron chi connectivity index (χ0n) is 8.46. The second-order valence-electron chi connectivity index (χ2n) is 3.52. The molecule has 4 heteroatoms. The van der Waals surface area contributed by atoms with E-state index in [1.54, 1.807) is 6.92 Å². The van der Waals surface area contributed by atoms with E-state index < -0.39 is 20.7 Å². The molecule has 0 aromatic rings. The van der Waals surface area contributed by atoms with E-state index in [-0.39, 0.29) is 6.42 Å². The summed E-state index contributed by atoms with van der Waals surface area (Å²) in [5.74, 6) is 5.28. The van der Waals surface area contributed by atoms with Gasteiger partial charge < -0.3 is 5.11 Å². The minimum atomic E-state index is -3.25. The van der Waals surface area contributed by atoms with E-state index in [0.717, 1.165) is 6.26 Å². The molecule has 0 aliphatic carbocycles.